The summed E-state index contributed by atoms with van der Waals surface area (Å²) in [4.78, 5) is 33.8. The van der Waals surface area contributed by atoms with Crippen LogP contribution in [0.15, 0.2) is 48.5 Å². The van der Waals surface area contributed by atoms with Crippen LogP contribution in [0, 0.1) is 17.6 Å². The molecule has 4 atom stereocenters. The highest BCUT2D eigenvalue weighted by atomic mass is 19.2. The van der Waals surface area contributed by atoms with Gasteiger partial charge in [0.05, 0.1) is 30.8 Å². The quantitative estimate of drug-likeness (QED) is 0.352. The summed E-state index contributed by atoms with van der Waals surface area (Å²) >= 11 is 0. The molecule has 3 heterocycles. The van der Waals surface area contributed by atoms with E-state index in [0.29, 0.717) is 35.4 Å². The zero-order valence-corrected chi connectivity index (χ0v) is 22.8. The number of aromatic hydroxyl groups is 1. The van der Waals surface area contributed by atoms with Crippen molar-refractivity contribution in [3.05, 3.63) is 77.0 Å². The number of benzene rings is 2. The molecule has 8 nitrogen and oxygen atoms in total. The fourth-order valence-corrected chi connectivity index (χ4v) is 5.66. The summed E-state index contributed by atoms with van der Waals surface area (Å²) in [6.45, 7) is 5.74. The lowest BCUT2D eigenvalue weighted by atomic mass is 9.97. The molecule has 214 valence electrons. The van der Waals surface area contributed by atoms with Gasteiger partial charge in [0.15, 0.2) is 11.6 Å². The van der Waals surface area contributed by atoms with Crippen molar-refractivity contribution in [2.75, 3.05) is 24.6 Å². The Kier molecular flexibility index (Phi) is 7.01. The Bertz CT molecular complexity index is 1510. The maximum absolute atomic E-state index is 13.9. The molecule has 2 aliphatic heterocycles. The number of phenols is 1. The Morgan fingerprint density at radius 3 is 2.56 bits per heavy atom. The van der Waals surface area contributed by atoms with Gasteiger partial charge >= 0.3 is 12.1 Å². The average Bonchev–Trinajstić information content (AvgIpc) is 3.67. The van der Waals surface area contributed by atoms with Crippen LogP contribution >= 0.6 is 0 Å². The summed E-state index contributed by atoms with van der Waals surface area (Å²) in [6.07, 6.45) is 0.370. The highest BCUT2D eigenvalue weighted by Crippen LogP contribution is 2.50. The molecule has 1 aliphatic carbocycles. The van der Waals surface area contributed by atoms with Gasteiger partial charge in [-0.25, -0.2) is 18.6 Å². The van der Waals surface area contributed by atoms with E-state index < -0.39 is 29.9 Å². The van der Waals surface area contributed by atoms with Gasteiger partial charge in [-0.3, -0.25) is 9.69 Å². The average molecular weight is 564 g/mol. The third-order valence-corrected chi connectivity index (χ3v) is 8.24. The summed E-state index contributed by atoms with van der Waals surface area (Å²) in [5, 5.41) is 10.9. The Morgan fingerprint density at radius 2 is 1.85 bits per heavy atom. The van der Waals surface area contributed by atoms with Crippen LogP contribution in [0.2, 0.25) is 0 Å². The number of esters is 1. The van der Waals surface area contributed by atoms with Gasteiger partial charge in [-0.2, -0.15) is 0 Å². The van der Waals surface area contributed by atoms with E-state index in [1.54, 1.807) is 19.9 Å². The molecule has 3 aromatic rings. The normalized spacial score (nSPS) is 23.3. The highest BCUT2D eigenvalue weighted by Gasteiger charge is 2.45. The smallest absolute Gasteiger partial charge is 0.411 e. The monoisotopic (exact) mass is 563 g/mol. The number of nitrogens with zero attached hydrogens (tertiary/aromatic N) is 3. The lowest BCUT2D eigenvalue weighted by Gasteiger charge is -2.33. The number of rotatable bonds is 8. The largest absolute Gasteiger partial charge is 0.507 e. The number of amides is 1. The van der Waals surface area contributed by atoms with E-state index in [1.807, 2.05) is 24.3 Å². The minimum atomic E-state index is -1.01. The molecule has 0 bridgehead atoms. The van der Waals surface area contributed by atoms with Gasteiger partial charge in [-0.05, 0) is 80.1 Å². The minimum Gasteiger partial charge on any atom is -0.507 e. The predicted molar refractivity (Wildman–Crippen MR) is 146 cm³/mol. The molecule has 3 fully saturated rings. The maximum Gasteiger partial charge on any atom is 0.411 e. The van der Waals surface area contributed by atoms with E-state index in [9.17, 15) is 23.5 Å². The first-order valence-corrected chi connectivity index (χ1v) is 13.9. The van der Waals surface area contributed by atoms with Gasteiger partial charge in [0.2, 0.25) is 0 Å². The number of cyclic esters (lactones) is 1. The molecule has 0 radical (unpaired) electrons. The number of hydrogen-bond acceptors (Lipinski definition) is 7. The molecule has 2 saturated heterocycles. The predicted octanol–water partition coefficient (Wildman–Crippen LogP) is 5.69. The van der Waals surface area contributed by atoms with E-state index in [-0.39, 0.29) is 30.1 Å². The van der Waals surface area contributed by atoms with Gasteiger partial charge in [-0.15, -0.1) is 0 Å². The van der Waals surface area contributed by atoms with Crippen molar-refractivity contribution in [2.45, 2.75) is 51.3 Å². The van der Waals surface area contributed by atoms with Crippen molar-refractivity contribution in [1.29, 1.82) is 0 Å². The molecule has 2 aromatic carbocycles. The number of phenolic OH excluding ortho intramolecular Hbond substituents is 1. The molecule has 41 heavy (non-hydrogen) atoms. The number of ether oxygens (including phenoxy) is 2. The van der Waals surface area contributed by atoms with E-state index >= 15 is 0 Å². The number of anilines is 1. The van der Waals surface area contributed by atoms with Crippen LogP contribution in [0.3, 0.4) is 0 Å². The zero-order chi connectivity index (χ0) is 28.8. The highest BCUT2D eigenvalue weighted by molar-refractivity contribution is 5.79. The molecular weight excluding hydrogens is 532 g/mol. The van der Waals surface area contributed by atoms with E-state index in [1.165, 1.54) is 11.0 Å². The number of carbonyl (C=O) groups is 2. The molecule has 1 N–H and O–H groups in total. The number of aromatic nitrogens is 1. The van der Waals surface area contributed by atoms with Gasteiger partial charge in [0, 0.05) is 24.2 Å². The topological polar surface area (TPSA) is 92.2 Å². The zero-order valence-electron chi connectivity index (χ0n) is 22.8. The standard InChI is InChI=1S/C31H31F2N3O5/c1-3-40-30(38)23-15-21(23)18-6-9-27(37)22(13-18)20-7-10-28(35-11-4-12-35)34-26(20)16-36-17(2)29(41-31(36)39)19-5-8-24(32)25(33)14-19/h5-10,13-14,17,21,23,29,37H,3-4,11-12,15-16H2,1-2H3/t17-,21-,23+,29-/m0/s1. The second-order valence-corrected chi connectivity index (χ2v) is 10.8. The molecule has 10 heteroatoms. The van der Waals surface area contributed by atoms with Crippen molar-refractivity contribution in [3.63, 3.8) is 0 Å². The van der Waals surface area contributed by atoms with Crippen LogP contribution in [-0.4, -0.2) is 52.8 Å². The van der Waals surface area contributed by atoms with Gasteiger partial charge in [0.1, 0.15) is 17.7 Å². The molecular formula is C31H31F2N3O5. The molecule has 6 rings (SSSR count). The van der Waals surface area contributed by atoms with Gasteiger partial charge in [-0.1, -0.05) is 12.1 Å². The van der Waals surface area contributed by atoms with Crippen LogP contribution in [0.4, 0.5) is 19.4 Å². The number of halogens is 2. The Hall–Kier alpha value is -4.21. The van der Waals surface area contributed by atoms with E-state index in [0.717, 1.165) is 43.0 Å². The lowest BCUT2D eigenvalue weighted by molar-refractivity contribution is -0.144. The number of carbonyl (C=O) groups excluding carboxylic acids is 2. The van der Waals surface area contributed by atoms with Gasteiger partial charge < -0.3 is 19.5 Å². The summed E-state index contributed by atoms with van der Waals surface area (Å²) in [5.41, 5.74) is 3.04. The van der Waals surface area contributed by atoms with Crippen molar-refractivity contribution >= 4 is 17.9 Å². The maximum atomic E-state index is 13.9. The second-order valence-electron chi connectivity index (χ2n) is 10.8. The van der Waals surface area contributed by atoms with Crippen LogP contribution < -0.4 is 4.90 Å². The summed E-state index contributed by atoms with van der Waals surface area (Å²) in [7, 11) is 0. The molecule has 3 aliphatic rings. The summed E-state index contributed by atoms with van der Waals surface area (Å²) in [6, 6.07) is 12.1. The summed E-state index contributed by atoms with van der Waals surface area (Å²) < 4.78 is 38.3. The number of pyridine rings is 1. The van der Waals surface area contributed by atoms with E-state index in [2.05, 4.69) is 4.90 Å². The second kappa shape index (κ2) is 10.6. The Balaban J connectivity index is 1.32. The first-order valence-electron chi connectivity index (χ1n) is 13.9. The van der Waals surface area contributed by atoms with Crippen molar-refractivity contribution in [2.24, 2.45) is 5.92 Å². The molecule has 0 unspecified atom stereocenters. The van der Waals surface area contributed by atoms with Crippen molar-refractivity contribution < 1.29 is 33.0 Å². The van der Waals surface area contributed by atoms with E-state index in [4.69, 9.17) is 14.5 Å². The van der Waals surface area contributed by atoms with Crippen molar-refractivity contribution in [1.82, 2.24) is 9.88 Å². The molecule has 1 saturated carbocycles. The lowest BCUT2D eigenvalue weighted by Crippen LogP contribution is -2.38. The van der Waals surface area contributed by atoms with Crippen molar-refractivity contribution in [3.8, 4) is 16.9 Å². The van der Waals surface area contributed by atoms with Crippen LogP contribution in [-0.2, 0) is 20.8 Å². The molecule has 1 aromatic heterocycles. The van der Waals surface area contributed by atoms with Gasteiger partial charge in [0.25, 0.3) is 0 Å². The fourth-order valence-electron chi connectivity index (χ4n) is 5.66. The third-order valence-electron chi connectivity index (χ3n) is 8.24. The first kappa shape index (κ1) is 27.0. The Morgan fingerprint density at radius 1 is 1.07 bits per heavy atom. The van der Waals surface area contributed by atoms with Crippen LogP contribution in [0.5, 0.6) is 5.75 Å². The first-order chi connectivity index (χ1) is 19.7. The molecule has 1 amide bonds. The minimum absolute atomic E-state index is 0.00983. The van der Waals surface area contributed by atoms with Crippen LogP contribution in [0.1, 0.15) is 55.5 Å². The SMILES string of the molecule is CCOC(=O)[C@@H]1C[C@H]1c1ccc(O)c(-c2ccc(N3CCC3)nc2CN2C(=O)O[C@H](c3ccc(F)c(F)c3)[C@@H]2C)c1. The third kappa shape index (κ3) is 5.07. The van der Waals surface area contributed by atoms with Crippen LogP contribution in [0.25, 0.3) is 11.1 Å². The number of hydrogen-bond donors (Lipinski definition) is 1. The summed E-state index contributed by atoms with van der Waals surface area (Å²) in [5.74, 6) is -1.56. The molecule has 0 spiro atoms. The fraction of sp³-hybridized carbons (Fsp3) is 0.387. The Labute approximate surface area is 236 Å².